The summed E-state index contributed by atoms with van der Waals surface area (Å²) in [4.78, 5) is 13.7. The second-order valence-electron chi connectivity index (χ2n) is 4.95. The van der Waals surface area contributed by atoms with Gasteiger partial charge >= 0.3 is 0 Å². The maximum atomic E-state index is 11.7. The molecule has 0 aliphatic rings. The summed E-state index contributed by atoms with van der Waals surface area (Å²) in [5, 5.41) is 2.99. The molecular formula is C14H24ClN3O. The molecule has 0 aliphatic carbocycles. The van der Waals surface area contributed by atoms with Crippen LogP contribution in [0.25, 0.3) is 0 Å². The lowest BCUT2D eigenvalue weighted by atomic mass is 10.1. The van der Waals surface area contributed by atoms with E-state index in [1.54, 1.807) is 6.92 Å². The molecule has 3 N–H and O–H groups in total. The Bertz CT molecular complexity index is 368. The van der Waals surface area contributed by atoms with E-state index in [9.17, 15) is 4.79 Å². The van der Waals surface area contributed by atoms with Crippen molar-refractivity contribution in [2.75, 3.05) is 20.6 Å². The van der Waals surface area contributed by atoms with E-state index in [4.69, 9.17) is 5.73 Å². The number of halogens is 1. The number of likely N-dealkylation sites (N-methyl/N-ethyl adjacent to an activating group) is 1. The van der Waals surface area contributed by atoms with Crippen LogP contribution in [0.1, 0.15) is 12.5 Å². The van der Waals surface area contributed by atoms with Crippen molar-refractivity contribution in [1.82, 2.24) is 10.2 Å². The maximum Gasteiger partial charge on any atom is 0.236 e. The molecule has 0 spiro atoms. The fraction of sp³-hybridized carbons (Fsp3) is 0.500. The number of nitrogens with one attached hydrogen (secondary N) is 1. The normalized spacial score (nSPS) is 13.5. The second-order valence-corrected chi connectivity index (χ2v) is 4.95. The van der Waals surface area contributed by atoms with Crippen LogP contribution >= 0.6 is 12.4 Å². The lowest BCUT2D eigenvalue weighted by Gasteiger charge is -2.23. The number of nitrogens with zero attached hydrogens (tertiary/aromatic N) is 1. The summed E-state index contributed by atoms with van der Waals surface area (Å²) >= 11 is 0. The van der Waals surface area contributed by atoms with Crippen molar-refractivity contribution in [1.29, 1.82) is 0 Å². The Hall–Kier alpha value is -1.10. The first-order valence-corrected chi connectivity index (χ1v) is 6.23. The SMILES string of the molecule is CC(N)C(=O)NC(Cc1ccccc1)CN(C)C.Cl. The number of carbonyl (C=O) groups is 1. The molecule has 1 aromatic rings. The van der Waals surface area contributed by atoms with E-state index < -0.39 is 6.04 Å². The average molecular weight is 286 g/mol. The standard InChI is InChI=1S/C14H23N3O.ClH/c1-11(15)14(18)16-13(10-17(2)3)9-12-7-5-4-6-8-12;/h4-8,11,13H,9-10,15H2,1-3H3,(H,16,18);1H. The Balaban J connectivity index is 0.00000324. The highest BCUT2D eigenvalue weighted by molar-refractivity contribution is 5.85. The van der Waals surface area contributed by atoms with Crippen molar-refractivity contribution in [3.63, 3.8) is 0 Å². The fourth-order valence-corrected chi connectivity index (χ4v) is 1.83. The molecular weight excluding hydrogens is 262 g/mol. The van der Waals surface area contributed by atoms with E-state index in [0.717, 1.165) is 13.0 Å². The second kappa shape index (κ2) is 8.91. The molecule has 1 rings (SSSR count). The molecule has 108 valence electrons. The molecule has 0 saturated carbocycles. The molecule has 4 nitrogen and oxygen atoms in total. The minimum Gasteiger partial charge on any atom is -0.350 e. The van der Waals surface area contributed by atoms with Crippen LogP contribution in [-0.4, -0.2) is 43.5 Å². The van der Waals surface area contributed by atoms with Crippen LogP contribution in [-0.2, 0) is 11.2 Å². The first kappa shape index (κ1) is 17.9. The van der Waals surface area contributed by atoms with E-state index in [2.05, 4.69) is 22.3 Å². The molecule has 0 aromatic heterocycles. The highest BCUT2D eigenvalue weighted by Crippen LogP contribution is 2.04. The molecule has 0 saturated heterocycles. The minimum atomic E-state index is -0.467. The van der Waals surface area contributed by atoms with Crippen molar-refractivity contribution >= 4 is 18.3 Å². The lowest BCUT2D eigenvalue weighted by Crippen LogP contribution is -2.48. The van der Waals surface area contributed by atoms with Gasteiger partial charge in [0.25, 0.3) is 0 Å². The number of rotatable bonds is 6. The number of hydrogen-bond acceptors (Lipinski definition) is 3. The predicted molar refractivity (Wildman–Crippen MR) is 81.5 cm³/mol. The van der Waals surface area contributed by atoms with Crippen molar-refractivity contribution < 1.29 is 4.79 Å². The van der Waals surface area contributed by atoms with Crippen molar-refractivity contribution in [3.8, 4) is 0 Å². The quantitative estimate of drug-likeness (QED) is 0.821. The zero-order valence-corrected chi connectivity index (χ0v) is 12.6. The maximum absolute atomic E-state index is 11.7. The molecule has 2 unspecified atom stereocenters. The van der Waals surface area contributed by atoms with Gasteiger partial charge in [-0.2, -0.15) is 0 Å². The third-order valence-electron chi connectivity index (χ3n) is 2.67. The predicted octanol–water partition coefficient (Wildman–Crippen LogP) is 1.04. The molecule has 0 radical (unpaired) electrons. The molecule has 0 bridgehead atoms. The van der Waals surface area contributed by atoms with Gasteiger partial charge in [-0.05, 0) is 33.0 Å². The van der Waals surface area contributed by atoms with Gasteiger partial charge in [0.1, 0.15) is 0 Å². The van der Waals surface area contributed by atoms with Gasteiger partial charge in [-0.3, -0.25) is 4.79 Å². The molecule has 2 atom stereocenters. The van der Waals surface area contributed by atoms with Gasteiger partial charge in [-0.25, -0.2) is 0 Å². The Labute approximate surface area is 121 Å². The topological polar surface area (TPSA) is 58.4 Å². The highest BCUT2D eigenvalue weighted by Gasteiger charge is 2.16. The molecule has 1 amide bonds. The van der Waals surface area contributed by atoms with E-state index >= 15 is 0 Å². The molecule has 0 heterocycles. The van der Waals surface area contributed by atoms with Crippen molar-refractivity contribution in [2.45, 2.75) is 25.4 Å². The van der Waals surface area contributed by atoms with E-state index in [-0.39, 0.29) is 24.4 Å². The molecule has 19 heavy (non-hydrogen) atoms. The fourth-order valence-electron chi connectivity index (χ4n) is 1.83. The summed E-state index contributed by atoms with van der Waals surface area (Å²) < 4.78 is 0. The first-order valence-electron chi connectivity index (χ1n) is 6.23. The van der Waals surface area contributed by atoms with E-state index in [0.29, 0.717) is 0 Å². The molecule has 0 aliphatic heterocycles. The highest BCUT2D eigenvalue weighted by atomic mass is 35.5. The third-order valence-corrected chi connectivity index (χ3v) is 2.67. The number of carbonyl (C=O) groups excluding carboxylic acids is 1. The lowest BCUT2D eigenvalue weighted by molar-refractivity contribution is -0.122. The monoisotopic (exact) mass is 285 g/mol. The summed E-state index contributed by atoms with van der Waals surface area (Å²) in [5.41, 5.74) is 6.80. The Morgan fingerprint density at radius 1 is 1.32 bits per heavy atom. The van der Waals surface area contributed by atoms with Crippen LogP contribution in [0.5, 0.6) is 0 Å². The summed E-state index contributed by atoms with van der Waals surface area (Å²) in [7, 11) is 3.99. The van der Waals surface area contributed by atoms with Crippen LogP contribution in [0.3, 0.4) is 0 Å². The average Bonchev–Trinajstić information content (AvgIpc) is 2.29. The van der Waals surface area contributed by atoms with Gasteiger partial charge in [-0.1, -0.05) is 30.3 Å². The van der Waals surface area contributed by atoms with Gasteiger partial charge in [0.05, 0.1) is 6.04 Å². The van der Waals surface area contributed by atoms with Gasteiger partial charge in [0.15, 0.2) is 0 Å². The van der Waals surface area contributed by atoms with Crippen LogP contribution < -0.4 is 11.1 Å². The van der Waals surface area contributed by atoms with Crippen LogP contribution in [0, 0.1) is 0 Å². The van der Waals surface area contributed by atoms with E-state index in [1.807, 2.05) is 32.3 Å². The summed E-state index contributed by atoms with van der Waals surface area (Å²) in [6.07, 6.45) is 0.817. The summed E-state index contributed by atoms with van der Waals surface area (Å²) in [5.74, 6) is -0.0993. The van der Waals surface area contributed by atoms with Crippen molar-refractivity contribution in [2.24, 2.45) is 5.73 Å². The van der Waals surface area contributed by atoms with Crippen LogP contribution in [0.4, 0.5) is 0 Å². The molecule has 0 fully saturated rings. The number of amides is 1. The molecule has 5 heteroatoms. The van der Waals surface area contributed by atoms with Gasteiger partial charge in [0.2, 0.25) is 5.91 Å². The van der Waals surface area contributed by atoms with Crippen molar-refractivity contribution in [3.05, 3.63) is 35.9 Å². The Morgan fingerprint density at radius 3 is 2.37 bits per heavy atom. The molecule has 1 aromatic carbocycles. The first-order chi connectivity index (χ1) is 8.49. The smallest absolute Gasteiger partial charge is 0.236 e. The van der Waals surface area contributed by atoms with Gasteiger partial charge < -0.3 is 16.0 Å². The Morgan fingerprint density at radius 2 is 1.89 bits per heavy atom. The third kappa shape index (κ3) is 7.15. The van der Waals surface area contributed by atoms with Crippen LogP contribution in [0.2, 0.25) is 0 Å². The largest absolute Gasteiger partial charge is 0.350 e. The summed E-state index contributed by atoms with van der Waals surface area (Å²) in [6, 6.07) is 9.77. The zero-order chi connectivity index (χ0) is 13.5. The minimum absolute atomic E-state index is 0. The summed E-state index contributed by atoms with van der Waals surface area (Å²) in [6.45, 7) is 2.50. The van der Waals surface area contributed by atoms with Crippen LogP contribution in [0.15, 0.2) is 30.3 Å². The number of hydrogen-bond donors (Lipinski definition) is 2. The van der Waals surface area contributed by atoms with Gasteiger partial charge in [-0.15, -0.1) is 12.4 Å². The van der Waals surface area contributed by atoms with Gasteiger partial charge in [0, 0.05) is 12.6 Å². The zero-order valence-electron chi connectivity index (χ0n) is 11.8. The van der Waals surface area contributed by atoms with E-state index in [1.165, 1.54) is 5.56 Å². The number of benzene rings is 1. The Kier molecular flexibility index (Phi) is 8.39. The number of nitrogens with two attached hydrogens (primary N) is 1.